The Bertz CT molecular complexity index is 933. The standard InChI is InChI=1S/C22H26N4O/c1-17(26-21-10-5-4-8-19(21)15-24-26)22(27)23-12-6-13-25-14-11-18-7-2-3-9-20(18)16-25/h2-5,7-10,15,17H,6,11-14,16H2,1H3,(H,23,27). The molecule has 1 aliphatic rings. The van der Waals surface area contributed by atoms with Crippen molar-refractivity contribution < 1.29 is 4.79 Å². The van der Waals surface area contributed by atoms with Gasteiger partial charge in [0.1, 0.15) is 6.04 Å². The van der Waals surface area contributed by atoms with Crippen molar-refractivity contribution in [2.24, 2.45) is 0 Å². The highest BCUT2D eigenvalue weighted by molar-refractivity contribution is 5.84. The summed E-state index contributed by atoms with van der Waals surface area (Å²) in [6.45, 7) is 5.71. The van der Waals surface area contributed by atoms with Crippen LogP contribution in [0.5, 0.6) is 0 Å². The molecule has 1 amide bonds. The number of fused-ring (bicyclic) bond motifs is 2. The fourth-order valence-corrected chi connectivity index (χ4v) is 3.82. The Balaban J connectivity index is 1.25. The highest BCUT2D eigenvalue weighted by atomic mass is 16.2. The predicted molar refractivity (Wildman–Crippen MR) is 107 cm³/mol. The maximum Gasteiger partial charge on any atom is 0.244 e. The number of carbonyl (C=O) groups is 1. The molecule has 1 aromatic heterocycles. The first-order chi connectivity index (χ1) is 13.2. The molecule has 5 heteroatoms. The van der Waals surface area contributed by atoms with Crippen molar-refractivity contribution in [2.75, 3.05) is 19.6 Å². The molecule has 4 rings (SSSR count). The van der Waals surface area contributed by atoms with E-state index in [9.17, 15) is 4.79 Å². The molecular weight excluding hydrogens is 336 g/mol. The molecule has 1 unspecified atom stereocenters. The molecule has 0 aliphatic carbocycles. The Labute approximate surface area is 160 Å². The van der Waals surface area contributed by atoms with Crippen LogP contribution in [0.15, 0.2) is 54.7 Å². The second-order valence-electron chi connectivity index (χ2n) is 7.26. The minimum atomic E-state index is -0.313. The van der Waals surface area contributed by atoms with Crippen molar-refractivity contribution in [1.29, 1.82) is 0 Å². The number of hydrogen-bond acceptors (Lipinski definition) is 3. The highest BCUT2D eigenvalue weighted by Crippen LogP contribution is 2.19. The van der Waals surface area contributed by atoms with E-state index in [4.69, 9.17) is 0 Å². The van der Waals surface area contributed by atoms with E-state index in [2.05, 4.69) is 39.6 Å². The number of benzene rings is 2. The number of nitrogens with zero attached hydrogens (tertiary/aromatic N) is 3. The van der Waals surface area contributed by atoms with Gasteiger partial charge < -0.3 is 5.32 Å². The number of nitrogens with one attached hydrogen (secondary N) is 1. The molecule has 140 valence electrons. The smallest absolute Gasteiger partial charge is 0.244 e. The monoisotopic (exact) mass is 362 g/mol. The Hall–Kier alpha value is -2.66. The zero-order chi connectivity index (χ0) is 18.6. The van der Waals surface area contributed by atoms with Gasteiger partial charge in [-0.1, -0.05) is 42.5 Å². The minimum absolute atomic E-state index is 0.0212. The molecule has 2 heterocycles. The summed E-state index contributed by atoms with van der Waals surface area (Å²) in [5.74, 6) is 0.0212. The van der Waals surface area contributed by atoms with Gasteiger partial charge in [-0.25, -0.2) is 0 Å². The van der Waals surface area contributed by atoms with Crippen LogP contribution in [0, 0.1) is 0 Å². The molecule has 27 heavy (non-hydrogen) atoms. The van der Waals surface area contributed by atoms with Crippen LogP contribution in [0.3, 0.4) is 0 Å². The number of carbonyl (C=O) groups excluding carboxylic acids is 1. The van der Waals surface area contributed by atoms with Crippen molar-refractivity contribution in [3.8, 4) is 0 Å². The van der Waals surface area contributed by atoms with Crippen LogP contribution < -0.4 is 5.32 Å². The largest absolute Gasteiger partial charge is 0.354 e. The second kappa shape index (κ2) is 7.92. The van der Waals surface area contributed by atoms with E-state index in [0.29, 0.717) is 6.54 Å². The Morgan fingerprint density at radius 3 is 2.81 bits per heavy atom. The molecule has 0 saturated heterocycles. The minimum Gasteiger partial charge on any atom is -0.354 e. The lowest BCUT2D eigenvalue weighted by molar-refractivity contribution is -0.124. The van der Waals surface area contributed by atoms with Crippen molar-refractivity contribution >= 4 is 16.8 Å². The molecular formula is C22H26N4O. The molecule has 0 spiro atoms. The number of para-hydroxylation sites is 1. The molecule has 5 nitrogen and oxygen atoms in total. The third kappa shape index (κ3) is 3.88. The summed E-state index contributed by atoms with van der Waals surface area (Å²) in [6.07, 6.45) is 3.89. The van der Waals surface area contributed by atoms with Crippen molar-refractivity contribution in [3.63, 3.8) is 0 Å². The van der Waals surface area contributed by atoms with Gasteiger partial charge >= 0.3 is 0 Å². The van der Waals surface area contributed by atoms with Gasteiger partial charge in [-0.2, -0.15) is 5.10 Å². The van der Waals surface area contributed by atoms with E-state index in [1.54, 1.807) is 4.68 Å². The van der Waals surface area contributed by atoms with Gasteiger partial charge in [0.15, 0.2) is 0 Å². The maximum atomic E-state index is 12.5. The highest BCUT2D eigenvalue weighted by Gasteiger charge is 2.18. The lowest BCUT2D eigenvalue weighted by Crippen LogP contribution is -2.35. The number of rotatable bonds is 6. The molecule has 1 N–H and O–H groups in total. The summed E-state index contributed by atoms with van der Waals surface area (Å²) in [6, 6.07) is 16.3. The van der Waals surface area contributed by atoms with Crippen LogP contribution in [0.4, 0.5) is 0 Å². The average Bonchev–Trinajstić information content (AvgIpc) is 3.14. The summed E-state index contributed by atoms with van der Waals surface area (Å²) in [5.41, 5.74) is 3.90. The molecule has 0 bridgehead atoms. The molecule has 1 aliphatic heterocycles. The number of aromatic nitrogens is 2. The summed E-state index contributed by atoms with van der Waals surface area (Å²) in [7, 11) is 0. The van der Waals surface area contributed by atoms with Crippen molar-refractivity contribution in [1.82, 2.24) is 20.0 Å². The molecule has 0 fully saturated rings. The summed E-state index contributed by atoms with van der Waals surface area (Å²) >= 11 is 0. The Kier molecular flexibility index (Phi) is 5.21. The summed E-state index contributed by atoms with van der Waals surface area (Å²) in [5, 5.41) is 8.51. The van der Waals surface area contributed by atoms with E-state index in [0.717, 1.165) is 43.4 Å². The number of amides is 1. The summed E-state index contributed by atoms with van der Waals surface area (Å²) < 4.78 is 1.80. The van der Waals surface area contributed by atoms with Crippen LogP contribution in [0.2, 0.25) is 0 Å². The number of hydrogen-bond donors (Lipinski definition) is 1. The van der Waals surface area contributed by atoms with Gasteiger partial charge in [-0.15, -0.1) is 0 Å². The third-order valence-electron chi connectivity index (χ3n) is 5.41. The molecule has 1 atom stereocenters. The molecule has 0 saturated carbocycles. The van der Waals surface area contributed by atoms with Crippen LogP contribution in [-0.2, 0) is 17.8 Å². The van der Waals surface area contributed by atoms with Crippen LogP contribution in [-0.4, -0.2) is 40.2 Å². The first-order valence-electron chi connectivity index (χ1n) is 9.71. The van der Waals surface area contributed by atoms with Crippen LogP contribution in [0.1, 0.15) is 30.5 Å². The van der Waals surface area contributed by atoms with Gasteiger partial charge in [0.05, 0.1) is 11.7 Å². The first kappa shape index (κ1) is 17.7. The van der Waals surface area contributed by atoms with Gasteiger partial charge in [0, 0.05) is 31.6 Å². The third-order valence-corrected chi connectivity index (χ3v) is 5.41. The first-order valence-corrected chi connectivity index (χ1v) is 9.71. The molecule has 3 aromatic rings. The van der Waals surface area contributed by atoms with Gasteiger partial charge in [0.25, 0.3) is 0 Å². The Morgan fingerprint density at radius 2 is 1.93 bits per heavy atom. The van der Waals surface area contributed by atoms with Gasteiger partial charge in [-0.05, 0) is 37.0 Å². The van der Waals surface area contributed by atoms with Crippen molar-refractivity contribution in [2.45, 2.75) is 32.4 Å². The fourth-order valence-electron chi connectivity index (χ4n) is 3.82. The maximum absolute atomic E-state index is 12.5. The van der Waals surface area contributed by atoms with Crippen LogP contribution in [0.25, 0.3) is 10.9 Å². The van der Waals surface area contributed by atoms with Gasteiger partial charge in [-0.3, -0.25) is 14.4 Å². The topological polar surface area (TPSA) is 50.2 Å². The second-order valence-corrected chi connectivity index (χ2v) is 7.26. The van der Waals surface area contributed by atoms with E-state index in [1.807, 2.05) is 37.4 Å². The molecule has 0 radical (unpaired) electrons. The molecule has 2 aromatic carbocycles. The van der Waals surface area contributed by atoms with Crippen molar-refractivity contribution in [3.05, 3.63) is 65.9 Å². The van der Waals surface area contributed by atoms with Gasteiger partial charge in [0.2, 0.25) is 5.91 Å². The van der Waals surface area contributed by atoms with E-state index >= 15 is 0 Å². The fraction of sp³-hybridized carbons (Fsp3) is 0.364. The quantitative estimate of drug-likeness (QED) is 0.685. The predicted octanol–water partition coefficient (Wildman–Crippen LogP) is 3.16. The zero-order valence-corrected chi connectivity index (χ0v) is 15.8. The van der Waals surface area contributed by atoms with E-state index in [-0.39, 0.29) is 11.9 Å². The van der Waals surface area contributed by atoms with E-state index in [1.165, 1.54) is 11.1 Å². The lowest BCUT2D eigenvalue weighted by Gasteiger charge is -2.28. The Morgan fingerprint density at radius 1 is 1.15 bits per heavy atom. The zero-order valence-electron chi connectivity index (χ0n) is 15.8. The SMILES string of the molecule is CC(C(=O)NCCCN1CCc2ccccc2C1)n1ncc2ccccc21. The lowest BCUT2D eigenvalue weighted by atomic mass is 10.00. The van der Waals surface area contributed by atoms with Crippen LogP contribution >= 0.6 is 0 Å². The average molecular weight is 362 g/mol. The normalized spacial score (nSPS) is 15.4. The summed E-state index contributed by atoms with van der Waals surface area (Å²) in [4.78, 5) is 15.0. The van der Waals surface area contributed by atoms with E-state index < -0.39 is 0 Å².